The number of pyridine rings is 1. The smallest absolute Gasteiger partial charge is 0.122 e. The molecular weight excluding hydrogens is 164 g/mol. The van der Waals surface area contributed by atoms with E-state index in [-0.39, 0.29) is 5.54 Å². The normalized spacial score (nSPS) is 18.3. The molecule has 1 aliphatic rings. The van der Waals surface area contributed by atoms with E-state index in [0.29, 0.717) is 0 Å². The lowest BCUT2D eigenvalue weighted by Crippen LogP contribution is -2.24. The maximum atomic E-state index is 5.99. The largest absolute Gasteiger partial charge is 0.497 e. The van der Waals surface area contributed by atoms with Gasteiger partial charge in [0.15, 0.2) is 0 Å². The molecule has 0 amide bonds. The van der Waals surface area contributed by atoms with Gasteiger partial charge in [-0.25, -0.2) is 0 Å². The zero-order valence-corrected chi connectivity index (χ0v) is 7.79. The van der Waals surface area contributed by atoms with Crippen molar-refractivity contribution in [2.24, 2.45) is 5.73 Å². The van der Waals surface area contributed by atoms with Crippen LogP contribution in [0.1, 0.15) is 18.5 Å². The van der Waals surface area contributed by atoms with Crippen molar-refractivity contribution in [3.05, 3.63) is 24.0 Å². The third-order valence-corrected chi connectivity index (χ3v) is 2.45. The zero-order chi connectivity index (χ0) is 9.31. The van der Waals surface area contributed by atoms with Crippen molar-refractivity contribution >= 4 is 0 Å². The second-order valence-corrected chi connectivity index (χ2v) is 3.73. The summed E-state index contributed by atoms with van der Waals surface area (Å²) in [5, 5.41) is 0. The number of nitrogens with two attached hydrogens (primary N) is 1. The van der Waals surface area contributed by atoms with E-state index < -0.39 is 0 Å². The summed E-state index contributed by atoms with van der Waals surface area (Å²) in [6, 6.07) is 3.80. The minimum absolute atomic E-state index is 0.0271. The molecule has 13 heavy (non-hydrogen) atoms. The highest BCUT2D eigenvalue weighted by Crippen LogP contribution is 2.35. The second-order valence-electron chi connectivity index (χ2n) is 3.73. The Bertz CT molecular complexity index is 308. The van der Waals surface area contributed by atoms with Crippen molar-refractivity contribution in [2.45, 2.75) is 24.8 Å². The topological polar surface area (TPSA) is 48.1 Å². The van der Waals surface area contributed by atoms with Crippen LogP contribution in [-0.4, -0.2) is 17.6 Å². The summed E-state index contributed by atoms with van der Waals surface area (Å²) in [4.78, 5) is 4.25. The molecule has 2 rings (SSSR count). The van der Waals surface area contributed by atoms with Gasteiger partial charge >= 0.3 is 0 Å². The highest BCUT2D eigenvalue weighted by molar-refractivity contribution is 5.24. The van der Waals surface area contributed by atoms with E-state index in [2.05, 4.69) is 4.98 Å². The SMILES string of the molecule is COc1ccnc(CC2(N)CC2)c1. The Morgan fingerprint density at radius 2 is 2.38 bits per heavy atom. The quantitative estimate of drug-likeness (QED) is 0.754. The van der Waals surface area contributed by atoms with Crippen molar-refractivity contribution in [3.63, 3.8) is 0 Å². The minimum Gasteiger partial charge on any atom is -0.497 e. The average molecular weight is 178 g/mol. The van der Waals surface area contributed by atoms with Crippen LogP contribution in [0.2, 0.25) is 0 Å². The van der Waals surface area contributed by atoms with Crippen molar-refractivity contribution in [2.75, 3.05) is 7.11 Å². The maximum Gasteiger partial charge on any atom is 0.122 e. The number of hydrogen-bond acceptors (Lipinski definition) is 3. The Kier molecular flexibility index (Phi) is 1.96. The Morgan fingerprint density at radius 1 is 1.62 bits per heavy atom. The Morgan fingerprint density at radius 3 is 3.00 bits per heavy atom. The fraction of sp³-hybridized carbons (Fsp3) is 0.500. The van der Waals surface area contributed by atoms with Crippen molar-refractivity contribution in [1.29, 1.82) is 0 Å². The Hall–Kier alpha value is -1.09. The summed E-state index contributed by atoms with van der Waals surface area (Å²) >= 11 is 0. The van der Waals surface area contributed by atoms with Crippen LogP contribution in [-0.2, 0) is 6.42 Å². The minimum atomic E-state index is 0.0271. The van der Waals surface area contributed by atoms with E-state index in [1.807, 2.05) is 12.1 Å². The standard InChI is InChI=1S/C10H14N2O/c1-13-9-2-5-12-8(6-9)7-10(11)3-4-10/h2,5-6H,3-4,7,11H2,1H3. The highest BCUT2D eigenvalue weighted by atomic mass is 16.5. The lowest BCUT2D eigenvalue weighted by molar-refractivity contribution is 0.413. The molecule has 1 aromatic heterocycles. The summed E-state index contributed by atoms with van der Waals surface area (Å²) in [6.45, 7) is 0. The summed E-state index contributed by atoms with van der Waals surface area (Å²) in [5.74, 6) is 0.856. The number of nitrogens with zero attached hydrogens (tertiary/aromatic N) is 1. The Labute approximate surface area is 77.9 Å². The summed E-state index contributed by atoms with van der Waals surface area (Å²) in [7, 11) is 1.66. The van der Waals surface area contributed by atoms with Gasteiger partial charge in [0.05, 0.1) is 7.11 Å². The molecule has 3 nitrogen and oxygen atoms in total. The van der Waals surface area contributed by atoms with E-state index in [0.717, 1.165) is 30.7 Å². The summed E-state index contributed by atoms with van der Waals surface area (Å²) in [6.07, 6.45) is 4.86. The van der Waals surface area contributed by atoms with Gasteiger partial charge in [0.1, 0.15) is 5.75 Å². The van der Waals surface area contributed by atoms with Gasteiger partial charge in [0.25, 0.3) is 0 Å². The van der Waals surface area contributed by atoms with Gasteiger partial charge in [0.2, 0.25) is 0 Å². The number of ether oxygens (including phenoxy) is 1. The van der Waals surface area contributed by atoms with Crippen LogP contribution in [0.15, 0.2) is 18.3 Å². The van der Waals surface area contributed by atoms with Crippen LogP contribution in [0.4, 0.5) is 0 Å². The molecule has 2 N–H and O–H groups in total. The van der Waals surface area contributed by atoms with Crippen molar-refractivity contribution < 1.29 is 4.74 Å². The fourth-order valence-electron chi connectivity index (χ4n) is 1.38. The predicted octanol–water partition coefficient (Wildman–Crippen LogP) is 1.12. The first kappa shape index (κ1) is 8.51. The van der Waals surface area contributed by atoms with E-state index in [1.165, 1.54) is 0 Å². The van der Waals surface area contributed by atoms with Gasteiger partial charge in [-0.2, -0.15) is 0 Å². The molecule has 1 aromatic rings. The van der Waals surface area contributed by atoms with Gasteiger partial charge in [-0.3, -0.25) is 4.98 Å². The highest BCUT2D eigenvalue weighted by Gasteiger charge is 2.38. The predicted molar refractivity (Wildman–Crippen MR) is 50.6 cm³/mol. The lowest BCUT2D eigenvalue weighted by atomic mass is 10.1. The molecule has 0 aliphatic heterocycles. The number of aromatic nitrogens is 1. The van der Waals surface area contributed by atoms with Gasteiger partial charge in [-0.15, -0.1) is 0 Å². The summed E-state index contributed by atoms with van der Waals surface area (Å²) < 4.78 is 5.11. The monoisotopic (exact) mass is 178 g/mol. The van der Waals surface area contributed by atoms with Crippen LogP contribution in [0.3, 0.4) is 0 Å². The second kappa shape index (κ2) is 3.00. The molecule has 0 aromatic carbocycles. The van der Waals surface area contributed by atoms with Crippen LogP contribution in [0, 0.1) is 0 Å². The van der Waals surface area contributed by atoms with Gasteiger partial charge < -0.3 is 10.5 Å². The third-order valence-electron chi connectivity index (χ3n) is 2.45. The maximum absolute atomic E-state index is 5.99. The number of rotatable bonds is 3. The van der Waals surface area contributed by atoms with Crippen LogP contribution < -0.4 is 10.5 Å². The van der Waals surface area contributed by atoms with Gasteiger partial charge in [-0.1, -0.05) is 0 Å². The lowest BCUT2D eigenvalue weighted by Gasteiger charge is -2.08. The molecule has 0 saturated heterocycles. The molecule has 1 heterocycles. The first-order valence-electron chi connectivity index (χ1n) is 4.50. The van der Waals surface area contributed by atoms with Crippen molar-refractivity contribution in [3.8, 4) is 5.75 Å². The van der Waals surface area contributed by atoms with Gasteiger partial charge in [0, 0.05) is 29.9 Å². The molecule has 1 saturated carbocycles. The molecule has 0 bridgehead atoms. The van der Waals surface area contributed by atoms with Gasteiger partial charge in [-0.05, 0) is 18.9 Å². The molecular formula is C10H14N2O. The van der Waals surface area contributed by atoms with Crippen molar-refractivity contribution in [1.82, 2.24) is 4.98 Å². The third kappa shape index (κ3) is 1.98. The summed E-state index contributed by atoms with van der Waals surface area (Å²) in [5.41, 5.74) is 7.04. The number of methoxy groups -OCH3 is 1. The van der Waals surface area contributed by atoms with E-state index in [1.54, 1.807) is 13.3 Å². The zero-order valence-electron chi connectivity index (χ0n) is 7.79. The van der Waals surface area contributed by atoms with E-state index in [4.69, 9.17) is 10.5 Å². The van der Waals surface area contributed by atoms with Crippen LogP contribution in [0.25, 0.3) is 0 Å². The first-order chi connectivity index (χ1) is 6.22. The molecule has 0 radical (unpaired) electrons. The number of hydrogen-bond donors (Lipinski definition) is 1. The molecule has 0 atom stereocenters. The van der Waals surface area contributed by atoms with E-state index in [9.17, 15) is 0 Å². The van der Waals surface area contributed by atoms with Crippen LogP contribution >= 0.6 is 0 Å². The molecule has 0 unspecified atom stereocenters. The average Bonchev–Trinajstić information content (AvgIpc) is 2.84. The molecule has 70 valence electrons. The fourth-order valence-corrected chi connectivity index (χ4v) is 1.38. The molecule has 1 aliphatic carbocycles. The Balaban J connectivity index is 2.11. The molecule has 0 spiro atoms. The van der Waals surface area contributed by atoms with E-state index >= 15 is 0 Å². The molecule has 3 heteroatoms. The first-order valence-corrected chi connectivity index (χ1v) is 4.50. The van der Waals surface area contributed by atoms with Crippen LogP contribution in [0.5, 0.6) is 5.75 Å². The molecule has 1 fully saturated rings.